The minimum atomic E-state index is -1.09. The summed E-state index contributed by atoms with van der Waals surface area (Å²) in [5.74, 6) is -2.56. The van der Waals surface area contributed by atoms with E-state index in [1.54, 1.807) is 37.3 Å². The van der Waals surface area contributed by atoms with E-state index in [1.165, 1.54) is 6.07 Å². The average Bonchev–Trinajstić information content (AvgIpc) is 3.45. The van der Waals surface area contributed by atoms with Gasteiger partial charge in [0.1, 0.15) is 0 Å². The highest BCUT2D eigenvalue weighted by Gasteiger charge is 2.71. The first kappa shape index (κ1) is 17.5. The van der Waals surface area contributed by atoms with Crippen LogP contribution in [0.2, 0.25) is 0 Å². The van der Waals surface area contributed by atoms with E-state index in [0.717, 1.165) is 4.90 Å². The first-order chi connectivity index (χ1) is 13.6. The van der Waals surface area contributed by atoms with Gasteiger partial charge in [-0.3, -0.25) is 9.59 Å². The zero-order valence-electron chi connectivity index (χ0n) is 15.2. The van der Waals surface area contributed by atoms with Crippen LogP contribution in [0.3, 0.4) is 0 Å². The molecule has 2 amide bonds. The van der Waals surface area contributed by atoms with Crippen LogP contribution in [0, 0.1) is 11.8 Å². The van der Waals surface area contributed by atoms with E-state index in [0.29, 0.717) is 18.9 Å². The van der Waals surface area contributed by atoms with E-state index >= 15 is 0 Å². The highest BCUT2D eigenvalue weighted by molar-refractivity contribution is 6.23. The van der Waals surface area contributed by atoms with Gasteiger partial charge in [-0.2, -0.15) is 0 Å². The van der Waals surface area contributed by atoms with Gasteiger partial charge in [0.15, 0.2) is 11.9 Å². The number of hydrogen-bond donors (Lipinski definition) is 0. The van der Waals surface area contributed by atoms with E-state index < -0.39 is 35.8 Å². The predicted octanol–water partition coefficient (Wildman–Crippen LogP) is 1.05. The Morgan fingerprint density at radius 2 is 2.04 bits per heavy atom. The average molecular weight is 385 g/mol. The van der Waals surface area contributed by atoms with Crippen molar-refractivity contribution in [3.05, 3.63) is 42.0 Å². The van der Waals surface area contributed by atoms with Crippen LogP contribution in [0.4, 0.5) is 5.69 Å². The maximum absolute atomic E-state index is 13.3. The van der Waals surface area contributed by atoms with Crippen molar-refractivity contribution in [3.8, 4) is 0 Å². The molecule has 0 N–H and O–H groups in total. The minimum absolute atomic E-state index is 0.239. The quantitative estimate of drug-likeness (QED) is 0.435. The molecule has 4 atom stereocenters. The molecule has 146 valence electrons. The van der Waals surface area contributed by atoms with Crippen molar-refractivity contribution in [1.82, 2.24) is 0 Å². The van der Waals surface area contributed by atoms with Crippen molar-refractivity contribution in [2.24, 2.45) is 11.8 Å². The number of nitrogens with zero attached hydrogens (tertiary/aromatic N) is 1. The molecule has 1 aromatic rings. The Kier molecular flexibility index (Phi) is 3.90. The molecule has 0 unspecified atom stereocenters. The van der Waals surface area contributed by atoms with Gasteiger partial charge in [-0.15, -0.1) is 0 Å². The number of benzene rings is 1. The lowest BCUT2D eigenvalue weighted by molar-refractivity contribution is -0.180. The van der Waals surface area contributed by atoms with Crippen molar-refractivity contribution in [3.63, 3.8) is 0 Å². The summed E-state index contributed by atoms with van der Waals surface area (Å²) in [7, 11) is 0. The second-order valence-electron chi connectivity index (χ2n) is 7.15. The number of anilines is 1. The van der Waals surface area contributed by atoms with Gasteiger partial charge >= 0.3 is 5.97 Å². The molecule has 0 saturated carbocycles. The molecule has 3 saturated heterocycles. The van der Waals surface area contributed by atoms with Crippen molar-refractivity contribution >= 4 is 23.5 Å². The monoisotopic (exact) mass is 385 g/mol. The van der Waals surface area contributed by atoms with Crippen LogP contribution in [0.5, 0.6) is 0 Å². The van der Waals surface area contributed by atoms with Gasteiger partial charge < -0.3 is 18.9 Å². The van der Waals surface area contributed by atoms with Crippen LogP contribution in [-0.2, 0) is 28.5 Å². The topological polar surface area (TPSA) is 91.4 Å². The number of hydrogen-bond acceptors (Lipinski definition) is 7. The minimum Gasteiger partial charge on any atom is -0.462 e. The number of fused-ring (bicyclic) bond motifs is 5. The number of ether oxygens (including phenoxy) is 4. The van der Waals surface area contributed by atoms with Gasteiger partial charge in [-0.05, 0) is 31.2 Å². The maximum Gasteiger partial charge on any atom is 0.338 e. The standard InChI is InChI=1S/C20H19NO7/c1-2-25-18(24)11-4-3-5-12(10-11)21-16(22)14-13-6-7-20(28-13,15(14)17(21)23)19-26-8-9-27-19/h3-7,10,13-15,19H,2,8-9H2,1H3/t13-,14-,15-,20-/m1/s1. The normalized spacial score (nSPS) is 33.8. The number of imide groups is 1. The van der Waals surface area contributed by atoms with Crippen LogP contribution < -0.4 is 4.90 Å². The van der Waals surface area contributed by atoms with Gasteiger partial charge in [0.2, 0.25) is 11.8 Å². The zero-order chi connectivity index (χ0) is 19.5. The van der Waals surface area contributed by atoms with Gasteiger partial charge in [-0.25, -0.2) is 9.69 Å². The van der Waals surface area contributed by atoms with Crippen LogP contribution in [0.15, 0.2) is 36.4 Å². The predicted molar refractivity (Wildman–Crippen MR) is 94.3 cm³/mol. The van der Waals surface area contributed by atoms with Crippen molar-refractivity contribution in [1.29, 1.82) is 0 Å². The lowest BCUT2D eigenvalue weighted by Gasteiger charge is -2.32. The zero-order valence-corrected chi connectivity index (χ0v) is 15.2. The highest BCUT2D eigenvalue weighted by atomic mass is 16.7. The number of amides is 2. The van der Waals surface area contributed by atoms with Crippen LogP contribution in [-0.4, -0.2) is 55.6 Å². The lowest BCUT2D eigenvalue weighted by atomic mass is 9.76. The molecule has 8 nitrogen and oxygen atoms in total. The Hall–Kier alpha value is -2.55. The molecule has 4 aliphatic heterocycles. The van der Waals surface area contributed by atoms with Crippen LogP contribution in [0.25, 0.3) is 0 Å². The van der Waals surface area contributed by atoms with Crippen molar-refractivity contribution < 1.29 is 33.3 Å². The first-order valence-corrected chi connectivity index (χ1v) is 9.32. The molecule has 4 heterocycles. The molecular weight excluding hydrogens is 366 g/mol. The lowest BCUT2D eigenvalue weighted by Crippen LogP contribution is -2.49. The van der Waals surface area contributed by atoms with Gasteiger partial charge in [0, 0.05) is 0 Å². The summed E-state index contributed by atoms with van der Waals surface area (Å²) in [6.07, 6.45) is 2.38. The van der Waals surface area contributed by atoms with Crippen molar-refractivity contribution in [2.75, 3.05) is 24.7 Å². The molecule has 5 rings (SSSR count). The van der Waals surface area contributed by atoms with Gasteiger partial charge in [0.25, 0.3) is 0 Å². The Morgan fingerprint density at radius 3 is 2.79 bits per heavy atom. The van der Waals surface area contributed by atoms with E-state index in [4.69, 9.17) is 18.9 Å². The maximum atomic E-state index is 13.3. The van der Waals surface area contributed by atoms with Crippen LogP contribution >= 0.6 is 0 Å². The largest absolute Gasteiger partial charge is 0.462 e. The Morgan fingerprint density at radius 1 is 1.25 bits per heavy atom. The molecule has 0 aliphatic carbocycles. The number of carbonyl (C=O) groups excluding carboxylic acids is 3. The molecular formula is C20H19NO7. The molecule has 4 aliphatic rings. The second-order valence-corrected chi connectivity index (χ2v) is 7.15. The van der Waals surface area contributed by atoms with E-state index in [2.05, 4.69) is 0 Å². The molecule has 0 radical (unpaired) electrons. The molecule has 0 aromatic heterocycles. The molecule has 1 aromatic carbocycles. The molecule has 2 bridgehead atoms. The smallest absolute Gasteiger partial charge is 0.338 e. The van der Waals surface area contributed by atoms with Crippen molar-refractivity contribution in [2.45, 2.75) is 24.9 Å². The Labute approximate surface area is 161 Å². The van der Waals surface area contributed by atoms with E-state index in [-0.39, 0.29) is 24.0 Å². The molecule has 3 fully saturated rings. The third-order valence-electron chi connectivity index (χ3n) is 5.68. The fraction of sp³-hybridized carbons (Fsp3) is 0.450. The van der Waals surface area contributed by atoms with Gasteiger partial charge in [0.05, 0.1) is 49.0 Å². The summed E-state index contributed by atoms with van der Waals surface area (Å²) < 4.78 is 22.3. The summed E-state index contributed by atoms with van der Waals surface area (Å²) in [6.45, 7) is 2.79. The first-order valence-electron chi connectivity index (χ1n) is 9.32. The summed E-state index contributed by atoms with van der Waals surface area (Å²) in [5.41, 5.74) is -0.462. The molecule has 0 spiro atoms. The van der Waals surface area contributed by atoms with Crippen LogP contribution in [0.1, 0.15) is 17.3 Å². The highest BCUT2D eigenvalue weighted by Crippen LogP contribution is 2.55. The third-order valence-corrected chi connectivity index (χ3v) is 5.68. The SMILES string of the molecule is CCOC(=O)c1cccc(N2C(=O)[C@@H]3[C@H]4C=C[C@@](C5OCCO5)(O4)[C@H]3C2=O)c1. The molecule has 8 heteroatoms. The summed E-state index contributed by atoms with van der Waals surface area (Å²) in [6, 6.07) is 6.34. The van der Waals surface area contributed by atoms with E-state index in [1.807, 2.05) is 0 Å². The summed E-state index contributed by atoms with van der Waals surface area (Å²) >= 11 is 0. The Balaban J connectivity index is 1.50. The molecule has 28 heavy (non-hydrogen) atoms. The van der Waals surface area contributed by atoms with E-state index in [9.17, 15) is 14.4 Å². The second kappa shape index (κ2) is 6.23. The van der Waals surface area contributed by atoms with Gasteiger partial charge in [-0.1, -0.05) is 12.1 Å². The summed E-state index contributed by atoms with van der Waals surface area (Å²) in [5, 5.41) is 0. The Bertz CT molecular complexity index is 890. The fourth-order valence-corrected chi connectivity index (χ4v) is 4.57. The summed E-state index contributed by atoms with van der Waals surface area (Å²) in [4.78, 5) is 39.6. The number of esters is 1. The fourth-order valence-electron chi connectivity index (χ4n) is 4.57. The number of rotatable bonds is 4. The number of carbonyl (C=O) groups is 3. The third kappa shape index (κ3) is 2.25.